The smallest absolute Gasteiger partial charge is 0.330 e. The minimum absolute atomic E-state index is 0.00476. The van der Waals surface area contributed by atoms with Crippen LogP contribution in [0.1, 0.15) is 32.1 Å². The van der Waals surface area contributed by atoms with Crippen molar-refractivity contribution in [2.75, 3.05) is 6.54 Å². The number of carbonyl (C=O) groups excluding carboxylic acids is 1. The first kappa shape index (κ1) is 18.4. The summed E-state index contributed by atoms with van der Waals surface area (Å²) in [6.07, 6.45) is -0.623. The number of ether oxygens (including phenoxy) is 1. The highest BCUT2D eigenvalue weighted by Crippen LogP contribution is 2.27. The molecule has 2 rings (SSSR count). The molecule has 1 saturated heterocycles. The molecule has 5 N–H and O–H groups in total. The number of carbonyl (C=O) groups is 1. The second-order valence-electron chi connectivity index (χ2n) is 6.43. The molecule has 2 heterocycles. The van der Waals surface area contributed by atoms with Crippen LogP contribution in [0.5, 0.6) is 0 Å². The average molecular weight is 340 g/mol. The van der Waals surface area contributed by atoms with Gasteiger partial charge in [0.05, 0.1) is 12.1 Å². The van der Waals surface area contributed by atoms with E-state index in [0.29, 0.717) is 5.56 Å². The predicted octanol–water partition coefficient (Wildman–Crippen LogP) is -1.41. The zero-order valence-corrected chi connectivity index (χ0v) is 14.0. The lowest BCUT2D eigenvalue weighted by Gasteiger charge is -2.19. The normalized spacial score (nSPS) is 25.0. The Kier molecular flexibility index (Phi) is 5.58. The number of H-pyrrole nitrogens is 1. The van der Waals surface area contributed by atoms with E-state index in [1.165, 1.54) is 10.8 Å². The summed E-state index contributed by atoms with van der Waals surface area (Å²) in [5, 5.41) is 12.8. The fraction of sp³-hybridized carbons (Fsp3) is 0.667. The van der Waals surface area contributed by atoms with Gasteiger partial charge in [-0.05, 0) is 12.8 Å². The van der Waals surface area contributed by atoms with E-state index in [-0.39, 0.29) is 24.8 Å². The van der Waals surface area contributed by atoms with Crippen molar-refractivity contribution in [3.05, 3.63) is 32.6 Å². The van der Waals surface area contributed by atoms with Crippen LogP contribution in [0.2, 0.25) is 0 Å². The molecular weight excluding hydrogens is 316 g/mol. The first-order chi connectivity index (χ1) is 11.2. The number of amides is 1. The van der Waals surface area contributed by atoms with Crippen LogP contribution in [-0.4, -0.2) is 45.4 Å². The Morgan fingerprint density at radius 2 is 2.21 bits per heavy atom. The molecule has 0 aromatic carbocycles. The fourth-order valence-electron chi connectivity index (χ4n) is 2.49. The van der Waals surface area contributed by atoms with Crippen molar-refractivity contribution in [2.45, 2.75) is 51.7 Å². The van der Waals surface area contributed by atoms with Gasteiger partial charge < -0.3 is 20.9 Å². The topological polar surface area (TPSA) is 139 Å². The third-order valence-electron chi connectivity index (χ3n) is 4.16. The van der Waals surface area contributed by atoms with Gasteiger partial charge in [0.2, 0.25) is 5.91 Å². The number of nitrogens with one attached hydrogen (secondary N) is 2. The van der Waals surface area contributed by atoms with E-state index in [0.717, 1.165) is 0 Å². The molecule has 1 aromatic heterocycles. The van der Waals surface area contributed by atoms with E-state index >= 15 is 0 Å². The van der Waals surface area contributed by atoms with Gasteiger partial charge in [-0.2, -0.15) is 0 Å². The molecule has 0 saturated carbocycles. The van der Waals surface area contributed by atoms with Crippen molar-refractivity contribution in [1.82, 2.24) is 14.9 Å². The lowest BCUT2D eigenvalue weighted by molar-refractivity contribution is -0.124. The van der Waals surface area contributed by atoms with E-state index in [1.807, 2.05) is 13.8 Å². The van der Waals surface area contributed by atoms with Crippen LogP contribution in [-0.2, 0) is 9.53 Å². The Morgan fingerprint density at radius 1 is 1.54 bits per heavy atom. The van der Waals surface area contributed by atoms with Gasteiger partial charge in [0.15, 0.2) is 0 Å². The minimum atomic E-state index is -0.843. The van der Waals surface area contributed by atoms with Gasteiger partial charge in [-0.3, -0.25) is 19.1 Å². The monoisotopic (exact) mass is 340 g/mol. The van der Waals surface area contributed by atoms with Crippen molar-refractivity contribution >= 4 is 5.91 Å². The predicted molar refractivity (Wildman–Crippen MR) is 86.4 cm³/mol. The van der Waals surface area contributed by atoms with Crippen molar-refractivity contribution < 1.29 is 14.6 Å². The van der Waals surface area contributed by atoms with E-state index in [4.69, 9.17) is 10.5 Å². The second kappa shape index (κ2) is 7.29. The lowest BCUT2D eigenvalue weighted by atomic mass is 10.0. The van der Waals surface area contributed by atoms with Crippen LogP contribution in [0.3, 0.4) is 0 Å². The maximum absolute atomic E-state index is 11.9. The van der Waals surface area contributed by atoms with Crippen molar-refractivity contribution in [3.63, 3.8) is 0 Å². The van der Waals surface area contributed by atoms with Gasteiger partial charge >= 0.3 is 5.69 Å². The van der Waals surface area contributed by atoms with Crippen molar-refractivity contribution in [2.24, 2.45) is 11.7 Å². The first-order valence-electron chi connectivity index (χ1n) is 7.89. The number of aryl methyl sites for hydroxylation is 1. The summed E-state index contributed by atoms with van der Waals surface area (Å²) in [5.41, 5.74) is 5.06. The molecule has 1 aliphatic rings. The molecule has 0 unspecified atom stereocenters. The Hall–Kier alpha value is -1.97. The molecule has 1 amide bonds. The number of hydrogen-bond acceptors (Lipinski definition) is 6. The molecule has 0 aliphatic carbocycles. The molecule has 9 heteroatoms. The quantitative estimate of drug-likeness (QED) is 0.519. The van der Waals surface area contributed by atoms with Crippen LogP contribution in [0.4, 0.5) is 0 Å². The number of aromatic nitrogens is 2. The highest BCUT2D eigenvalue weighted by molar-refractivity contribution is 5.81. The standard InChI is InChI=1S/C15H24N4O5/c1-7(2)12(16)14(22)17-5-10-9(20)4-11(24-10)19-6-8(3)13(21)18-15(19)23/h6-7,9-12,20H,4-5,16H2,1-3H3,(H,17,22)(H,18,21,23)/t9-,10+,11+,12-/m0/s1. The highest BCUT2D eigenvalue weighted by Gasteiger charge is 2.36. The number of rotatable bonds is 5. The maximum atomic E-state index is 11.9. The van der Waals surface area contributed by atoms with Gasteiger partial charge in [-0.15, -0.1) is 0 Å². The van der Waals surface area contributed by atoms with E-state index in [2.05, 4.69) is 10.3 Å². The number of aliphatic hydroxyl groups excluding tert-OH is 1. The lowest BCUT2D eigenvalue weighted by Crippen LogP contribution is -2.47. The zero-order valence-electron chi connectivity index (χ0n) is 14.0. The fourth-order valence-corrected chi connectivity index (χ4v) is 2.49. The molecule has 134 valence electrons. The van der Waals surface area contributed by atoms with Crippen LogP contribution >= 0.6 is 0 Å². The number of nitrogens with zero attached hydrogens (tertiary/aromatic N) is 1. The molecule has 0 bridgehead atoms. The second-order valence-corrected chi connectivity index (χ2v) is 6.43. The molecule has 24 heavy (non-hydrogen) atoms. The highest BCUT2D eigenvalue weighted by atomic mass is 16.5. The van der Waals surface area contributed by atoms with Gasteiger partial charge in [-0.1, -0.05) is 13.8 Å². The SMILES string of the molecule is Cc1cn([C@H]2C[C@H](O)[C@@H](CNC(=O)[C@@H](N)C(C)C)O2)c(=O)[nH]c1=O. The zero-order chi connectivity index (χ0) is 18.0. The third kappa shape index (κ3) is 3.92. The van der Waals surface area contributed by atoms with Crippen LogP contribution in [0.15, 0.2) is 15.8 Å². The van der Waals surface area contributed by atoms with Crippen LogP contribution < -0.4 is 22.3 Å². The Balaban J connectivity index is 2.02. The Bertz CT molecular complexity index is 711. The molecule has 1 aromatic rings. The summed E-state index contributed by atoms with van der Waals surface area (Å²) in [6.45, 7) is 5.34. The Labute approximate surface area is 138 Å². The molecule has 0 spiro atoms. The molecular formula is C15H24N4O5. The summed E-state index contributed by atoms with van der Waals surface area (Å²) < 4.78 is 6.90. The summed E-state index contributed by atoms with van der Waals surface area (Å²) in [7, 11) is 0. The molecule has 0 radical (unpaired) electrons. The number of nitrogens with two attached hydrogens (primary N) is 1. The molecule has 9 nitrogen and oxygen atoms in total. The van der Waals surface area contributed by atoms with Crippen LogP contribution in [0.25, 0.3) is 0 Å². The van der Waals surface area contributed by atoms with E-state index in [9.17, 15) is 19.5 Å². The molecule has 4 atom stereocenters. The van der Waals surface area contributed by atoms with Crippen LogP contribution in [0, 0.1) is 12.8 Å². The summed E-state index contributed by atoms with van der Waals surface area (Å²) >= 11 is 0. The number of hydrogen-bond donors (Lipinski definition) is 4. The number of aromatic amines is 1. The minimum Gasteiger partial charge on any atom is -0.390 e. The van der Waals surface area contributed by atoms with Crippen molar-refractivity contribution in [1.29, 1.82) is 0 Å². The summed E-state index contributed by atoms with van der Waals surface area (Å²) in [6, 6.07) is -0.635. The third-order valence-corrected chi connectivity index (χ3v) is 4.16. The van der Waals surface area contributed by atoms with E-state index < -0.39 is 35.7 Å². The Morgan fingerprint density at radius 3 is 2.83 bits per heavy atom. The average Bonchev–Trinajstić information content (AvgIpc) is 2.88. The first-order valence-corrected chi connectivity index (χ1v) is 7.89. The van der Waals surface area contributed by atoms with Gasteiger partial charge in [-0.25, -0.2) is 4.79 Å². The molecule has 1 fully saturated rings. The van der Waals surface area contributed by atoms with Gasteiger partial charge in [0.25, 0.3) is 5.56 Å². The molecule has 1 aliphatic heterocycles. The summed E-state index contributed by atoms with van der Waals surface area (Å²) in [4.78, 5) is 37.4. The van der Waals surface area contributed by atoms with Crippen molar-refractivity contribution in [3.8, 4) is 0 Å². The largest absolute Gasteiger partial charge is 0.390 e. The van der Waals surface area contributed by atoms with E-state index in [1.54, 1.807) is 6.92 Å². The maximum Gasteiger partial charge on any atom is 0.330 e. The van der Waals surface area contributed by atoms with Gasteiger partial charge in [0, 0.05) is 24.7 Å². The number of aliphatic hydroxyl groups is 1. The summed E-state index contributed by atoms with van der Waals surface area (Å²) in [5.74, 6) is -0.323. The van der Waals surface area contributed by atoms with Gasteiger partial charge in [0.1, 0.15) is 12.3 Å².